The van der Waals surface area contributed by atoms with Crippen molar-refractivity contribution >= 4 is 16.7 Å². The summed E-state index contributed by atoms with van der Waals surface area (Å²) >= 11 is 0. The molecule has 4 heteroatoms. The summed E-state index contributed by atoms with van der Waals surface area (Å²) in [6.45, 7) is 5.34. The van der Waals surface area contributed by atoms with Crippen LogP contribution in [-0.4, -0.2) is 42.0 Å². The van der Waals surface area contributed by atoms with Crippen molar-refractivity contribution < 1.29 is 4.79 Å². The van der Waals surface area contributed by atoms with Gasteiger partial charge in [0, 0.05) is 37.8 Å². The molecule has 0 atom stereocenters. The van der Waals surface area contributed by atoms with Crippen molar-refractivity contribution in [1.29, 1.82) is 0 Å². The van der Waals surface area contributed by atoms with Gasteiger partial charge in [-0.25, -0.2) is 0 Å². The van der Waals surface area contributed by atoms with Gasteiger partial charge in [-0.3, -0.25) is 9.78 Å². The predicted octanol–water partition coefficient (Wildman–Crippen LogP) is 1.84. The molecule has 2 heterocycles. The van der Waals surface area contributed by atoms with E-state index in [1.165, 1.54) is 5.56 Å². The van der Waals surface area contributed by atoms with Crippen LogP contribution in [0.2, 0.25) is 0 Å². The van der Waals surface area contributed by atoms with Gasteiger partial charge in [0.15, 0.2) is 0 Å². The summed E-state index contributed by atoms with van der Waals surface area (Å²) in [5.74, 6) is 0.0466. The molecule has 4 nitrogen and oxygen atoms in total. The van der Waals surface area contributed by atoms with Gasteiger partial charge in [-0.15, -0.1) is 0 Å². The normalized spacial score (nSPS) is 15.6. The molecule has 1 amide bonds. The Balaban J connectivity index is 2.03. The van der Waals surface area contributed by atoms with Gasteiger partial charge in [-0.1, -0.05) is 19.1 Å². The van der Waals surface area contributed by atoms with E-state index in [-0.39, 0.29) is 5.91 Å². The van der Waals surface area contributed by atoms with Crippen molar-refractivity contribution in [2.45, 2.75) is 13.3 Å². The minimum atomic E-state index is 0.0466. The fraction of sp³-hybridized carbons (Fsp3) is 0.375. The van der Waals surface area contributed by atoms with E-state index >= 15 is 0 Å². The van der Waals surface area contributed by atoms with E-state index in [1.54, 1.807) is 6.20 Å². The number of fused-ring (bicyclic) bond motifs is 1. The SMILES string of the molecule is CCc1ccc2ccnc(C(=O)N3CCNCC3)c2c1. The van der Waals surface area contributed by atoms with Crippen LogP contribution in [-0.2, 0) is 6.42 Å². The molecular weight excluding hydrogens is 250 g/mol. The number of aryl methyl sites for hydroxylation is 1. The molecule has 1 aliphatic heterocycles. The van der Waals surface area contributed by atoms with Crippen LogP contribution in [0, 0.1) is 0 Å². The van der Waals surface area contributed by atoms with E-state index in [1.807, 2.05) is 11.0 Å². The van der Waals surface area contributed by atoms with E-state index in [2.05, 4.69) is 35.4 Å². The molecule has 1 saturated heterocycles. The first-order valence-corrected chi connectivity index (χ1v) is 7.17. The van der Waals surface area contributed by atoms with Crippen LogP contribution in [0.25, 0.3) is 10.8 Å². The molecule has 0 spiro atoms. The van der Waals surface area contributed by atoms with Crippen molar-refractivity contribution in [1.82, 2.24) is 15.2 Å². The van der Waals surface area contributed by atoms with E-state index in [0.717, 1.165) is 43.4 Å². The highest BCUT2D eigenvalue weighted by atomic mass is 16.2. The Hall–Kier alpha value is -1.94. The smallest absolute Gasteiger partial charge is 0.273 e. The minimum Gasteiger partial charge on any atom is -0.335 e. The van der Waals surface area contributed by atoms with Crippen molar-refractivity contribution in [3.63, 3.8) is 0 Å². The predicted molar refractivity (Wildman–Crippen MR) is 79.9 cm³/mol. The van der Waals surface area contributed by atoms with Gasteiger partial charge in [-0.05, 0) is 29.5 Å². The molecule has 0 unspecified atom stereocenters. The number of pyridine rings is 1. The third kappa shape index (κ3) is 2.39. The fourth-order valence-corrected chi connectivity index (χ4v) is 2.62. The van der Waals surface area contributed by atoms with E-state index < -0.39 is 0 Å². The molecule has 1 aromatic heterocycles. The second-order valence-electron chi connectivity index (χ2n) is 5.11. The first-order valence-electron chi connectivity index (χ1n) is 7.17. The number of benzene rings is 1. The molecular formula is C16H19N3O. The van der Waals surface area contributed by atoms with Crippen LogP contribution in [0.1, 0.15) is 23.0 Å². The lowest BCUT2D eigenvalue weighted by Gasteiger charge is -2.27. The summed E-state index contributed by atoms with van der Waals surface area (Å²) in [6, 6.07) is 8.24. The molecule has 104 valence electrons. The molecule has 3 rings (SSSR count). The number of carbonyl (C=O) groups excluding carboxylic acids is 1. The zero-order chi connectivity index (χ0) is 13.9. The molecule has 0 bridgehead atoms. The second kappa shape index (κ2) is 5.59. The standard InChI is InChI=1S/C16H19N3O/c1-2-12-3-4-13-5-6-18-15(14(13)11-12)16(20)19-9-7-17-8-10-19/h3-6,11,17H,2,7-10H2,1H3. The average molecular weight is 269 g/mol. The highest BCUT2D eigenvalue weighted by Gasteiger charge is 2.20. The third-order valence-electron chi connectivity index (χ3n) is 3.85. The Labute approximate surface area is 118 Å². The first-order chi connectivity index (χ1) is 9.79. The third-order valence-corrected chi connectivity index (χ3v) is 3.85. The Morgan fingerprint density at radius 1 is 1.30 bits per heavy atom. The minimum absolute atomic E-state index is 0.0466. The van der Waals surface area contributed by atoms with Crippen LogP contribution in [0.4, 0.5) is 0 Å². The number of rotatable bonds is 2. The second-order valence-corrected chi connectivity index (χ2v) is 5.11. The summed E-state index contributed by atoms with van der Waals surface area (Å²) in [4.78, 5) is 18.9. The molecule has 20 heavy (non-hydrogen) atoms. The maximum absolute atomic E-state index is 12.6. The van der Waals surface area contributed by atoms with Crippen LogP contribution in [0.3, 0.4) is 0 Å². The van der Waals surface area contributed by atoms with Crippen molar-refractivity contribution in [3.05, 3.63) is 41.7 Å². The van der Waals surface area contributed by atoms with Gasteiger partial charge in [0.05, 0.1) is 0 Å². The van der Waals surface area contributed by atoms with Crippen molar-refractivity contribution in [2.24, 2.45) is 0 Å². The van der Waals surface area contributed by atoms with Gasteiger partial charge in [-0.2, -0.15) is 0 Å². The number of aromatic nitrogens is 1. The van der Waals surface area contributed by atoms with Crippen molar-refractivity contribution in [2.75, 3.05) is 26.2 Å². The first kappa shape index (κ1) is 13.1. The van der Waals surface area contributed by atoms with E-state index in [0.29, 0.717) is 5.69 Å². The summed E-state index contributed by atoms with van der Waals surface area (Å²) in [5.41, 5.74) is 1.82. The Morgan fingerprint density at radius 3 is 2.85 bits per heavy atom. The summed E-state index contributed by atoms with van der Waals surface area (Å²) in [5, 5.41) is 5.31. The van der Waals surface area contributed by atoms with Gasteiger partial charge < -0.3 is 10.2 Å². The van der Waals surface area contributed by atoms with Gasteiger partial charge in [0.25, 0.3) is 5.91 Å². The zero-order valence-electron chi connectivity index (χ0n) is 11.7. The number of amides is 1. The maximum atomic E-state index is 12.6. The lowest BCUT2D eigenvalue weighted by atomic mass is 10.0. The summed E-state index contributed by atoms with van der Waals surface area (Å²) < 4.78 is 0. The molecule has 2 aromatic rings. The number of hydrogen-bond donors (Lipinski definition) is 1. The lowest BCUT2D eigenvalue weighted by Crippen LogP contribution is -2.46. The quantitative estimate of drug-likeness (QED) is 0.905. The zero-order valence-corrected chi connectivity index (χ0v) is 11.7. The van der Waals surface area contributed by atoms with Gasteiger partial charge >= 0.3 is 0 Å². The Bertz CT molecular complexity index is 633. The highest BCUT2D eigenvalue weighted by molar-refractivity contribution is 6.05. The van der Waals surface area contributed by atoms with Crippen LogP contribution < -0.4 is 5.32 Å². The van der Waals surface area contributed by atoms with E-state index in [4.69, 9.17) is 0 Å². The molecule has 1 aromatic carbocycles. The van der Waals surface area contributed by atoms with Crippen LogP contribution >= 0.6 is 0 Å². The topological polar surface area (TPSA) is 45.2 Å². The number of piperazine rings is 1. The highest BCUT2D eigenvalue weighted by Crippen LogP contribution is 2.20. The lowest BCUT2D eigenvalue weighted by molar-refractivity contribution is 0.0732. The molecule has 0 radical (unpaired) electrons. The van der Waals surface area contributed by atoms with E-state index in [9.17, 15) is 4.79 Å². The summed E-state index contributed by atoms with van der Waals surface area (Å²) in [6.07, 6.45) is 2.69. The van der Waals surface area contributed by atoms with Crippen molar-refractivity contribution in [3.8, 4) is 0 Å². The number of hydrogen-bond acceptors (Lipinski definition) is 3. The molecule has 1 fully saturated rings. The molecule has 0 saturated carbocycles. The van der Waals surface area contributed by atoms with Crippen LogP contribution in [0.5, 0.6) is 0 Å². The number of nitrogens with zero attached hydrogens (tertiary/aromatic N) is 2. The maximum Gasteiger partial charge on any atom is 0.273 e. The molecule has 1 N–H and O–H groups in total. The molecule has 1 aliphatic rings. The van der Waals surface area contributed by atoms with Gasteiger partial charge in [0.2, 0.25) is 0 Å². The molecule has 0 aliphatic carbocycles. The fourth-order valence-electron chi connectivity index (χ4n) is 2.62. The van der Waals surface area contributed by atoms with Crippen LogP contribution in [0.15, 0.2) is 30.5 Å². The van der Waals surface area contributed by atoms with Gasteiger partial charge in [0.1, 0.15) is 5.69 Å². The number of carbonyl (C=O) groups is 1. The number of nitrogens with one attached hydrogen (secondary N) is 1. The summed E-state index contributed by atoms with van der Waals surface area (Å²) in [7, 11) is 0. The Morgan fingerprint density at radius 2 is 2.10 bits per heavy atom. The Kier molecular flexibility index (Phi) is 3.65. The largest absolute Gasteiger partial charge is 0.335 e. The monoisotopic (exact) mass is 269 g/mol. The average Bonchev–Trinajstić information content (AvgIpc) is 2.54.